The van der Waals surface area contributed by atoms with Crippen LogP contribution in [0.25, 0.3) is 0 Å². The van der Waals surface area contributed by atoms with E-state index in [1.807, 2.05) is 12.3 Å². The normalized spacial score (nSPS) is 20.8. The van der Waals surface area contributed by atoms with E-state index in [0.29, 0.717) is 5.92 Å². The van der Waals surface area contributed by atoms with Crippen LogP contribution < -0.4 is 11.3 Å². The number of aromatic nitrogens is 1. The van der Waals surface area contributed by atoms with Crippen molar-refractivity contribution in [2.75, 3.05) is 7.11 Å². The molecule has 2 atom stereocenters. The van der Waals surface area contributed by atoms with Crippen LogP contribution in [0.1, 0.15) is 43.9 Å². The standard InChI is InChI=1S/C14H23N3O/c1-14(2,18-3)9-12(17-15)11-7-6-10-5-4-8-16-13(10)11/h4-5,8,11-12,17H,6-7,9,15H2,1-3H3. The van der Waals surface area contributed by atoms with Gasteiger partial charge in [0.05, 0.1) is 5.60 Å². The van der Waals surface area contributed by atoms with Gasteiger partial charge in [0, 0.05) is 31.0 Å². The van der Waals surface area contributed by atoms with E-state index in [4.69, 9.17) is 10.6 Å². The largest absolute Gasteiger partial charge is 0.379 e. The highest BCUT2D eigenvalue weighted by Gasteiger charge is 2.34. The van der Waals surface area contributed by atoms with Crippen molar-refractivity contribution in [3.8, 4) is 0 Å². The summed E-state index contributed by atoms with van der Waals surface area (Å²) in [6.07, 6.45) is 4.95. The van der Waals surface area contributed by atoms with Crippen LogP contribution >= 0.6 is 0 Å². The molecule has 0 spiro atoms. The van der Waals surface area contributed by atoms with Gasteiger partial charge in [-0.25, -0.2) is 0 Å². The minimum Gasteiger partial charge on any atom is -0.379 e. The molecule has 2 unspecified atom stereocenters. The van der Waals surface area contributed by atoms with Gasteiger partial charge in [0.15, 0.2) is 0 Å². The molecular formula is C14H23N3O. The van der Waals surface area contributed by atoms with E-state index >= 15 is 0 Å². The Morgan fingerprint density at radius 2 is 2.39 bits per heavy atom. The second-order valence-electron chi connectivity index (χ2n) is 5.63. The van der Waals surface area contributed by atoms with Gasteiger partial charge in [0.2, 0.25) is 0 Å². The number of rotatable bonds is 5. The Kier molecular flexibility index (Phi) is 4.00. The number of nitrogens with two attached hydrogens (primary N) is 1. The van der Waals surface area contributed by atoms with Crippen LogP contribution in [0.4, 0.5) is 0 Å². The van der Waals surface area contributed by atoms with Crippen LogP contribution in [0.2, 0.25) is 0 Å². The van der Waals surface area contributed by atoms with Crippen molar-refractivity contribution in [1.29, 1.82) is 0 Å². The Hall–Kier alpha value is -0.970. The minimum atomic E-state index is -0.172. The molecule has 0 aromatic carbocycles. The van der Waals surface area contributed by atoms with Crippen LogP contribution in [0.3, 0.4) is 0 Å². The van der Waals surface area contributed by atoms with Crippen molar-refractivity contribution in [2.24, 2.45) is 5.84 Å². The van der Waals surface area contributed by atoms with Crippen molar-refractivity contribution in [3.63, 3.8) is 0 Å². The molecule has 1 aliphatic rings. The maximum Gasteiger partial charge on any atom is 0.0638 e. The highest BCUT2D eigenvalue weighted by atomic mass is 16.5. The summed E-state index contributed by atoms with van der Waals surface area (Å²) < 4.78 is 5.50. The summed E-state index contributed by atoms with van der Waals surface area (Å²) in [6.45, 7) is 4.18. The van der Waals surface area contributed by atoms with Gasteiger partial charge in [-0.2, -0.15) is 0 Å². The first-order chi connectivity index (χ1) is 8.57. The molecule has 0 aliphatic heterocycles. The number of nitrogens with one attached hydrogen (secondary N) is 1. The average Bonchev–Trinajstić information content (AvgIpc) is 2.80. The number of aryl methyl sites for hydroxylation is 1. The van der Waals surface area contributed by atoms with E-state index < -0.39 is 0 Å². The maximum atomic E-state index is 5.74. The van der Waals surface area contributed by atoms with E-state index in [0.717, 1.165) is 19.3 Å². The zero-order valence-corrected chi connectivity index (χ0v) is 11.4. The molecule has 1 aromatic heterocycles. The lowest BCUT2D eigenvalue weighted by atomic mass is 9.88. The van der Waals surface area contributed by atoms with E-state index in [-0.39, 0.29) is 11.6 Å². The molecule has 0 saturated carbocycles. The summed E-state index contributed by atoms with van der Waals surface area (Å²) in [5.41, 5.74) is 5.34. The average molecular weight is 249 g/mol. The van der Waals surface area contributed by atoms with Gasteiger partial charge < -0.3 is 4.74 Å². The molecule has 0 radical (unpaired) electrons. The van der Waals surface area contributed by atoms with Gasteiger partial charge in [-0.3, -0.25) is 16.3 Å². The van der Waals surface area contributed by atoms with Crippen LogP contribution in [0.15, 0.2) is 18.3 Å². The number of methoxy groups -OCH3 is 1. The summed E-state index contributed by atoms with van der Waals surface area (Å²) in [6, 6.07) is 4.37. The topological polar surface area (TPSA) is 60.2 Å². The molecule has 18 heavy (non-hydrogen) atoms. The highest BCUT2D eigenvalue weighted by Crippen LogP contribution is 2.36. The predicted octanol–water partition coefficient (Wildman–Crippen LogP) is 1.76. The summed E-state index contributed by atoms with van der Waals surface area (Å²) in [5.74, 6) is 6.13. The number of hydrogen-bond donors (Lipinski definition) is 2. The lowest BCUT2D eigenvalue weighted by Gasteiger charge is -2.31. The van der Waals surface area contributed by atoms with Crippen molar-refractivity contribution >= 4 is 0 Å². The Morgan fingerprint density at radius 1 is 1.61 bits per heavy atom. The number of hydrogen-bond acceptors (Lipinski definition) is 4. The molecule has 0 bridgehead atoms. The van der Waals surface area contributed by atoms with Crippen LogP contribution in [0.5, 0.6) is 0 Å². The van der Waals surface area contributed by atoms with Crippen molar-refractivity contribution in [2.45, 2.75) is 50.7 Å². The fourth-order valence-corrected chi connectivity index (χ4v) is 2.77. The molecule has 1 aliphatic carbocycles. The Labute approximate surface area is 109 Å². The highest BCUT2D eigenvalue weighted by molar-refractivity contribution is 5.30. The number of pyridine rings is 1. The molecule has 4 heteroatoms. The Morgan fingerprint density at radius 3 is 3.06 bits per heavy atom. The minimum absolute atomic E-state index is 0.172. The lowest BCUT2D eigenvalue weighted by Crippen LogP contribution is -2.44. The fourth-order valence-electron chi connectivity index (χ4n) is 2.77. The summed E-state index contributed by atoms with van der Waals surface area (Å²) in [5, 5.41) is 0. The number of ether oxygens (including phenoxy) is 1. The van der Waals surface area contributed by atoms with E-state index in [1.54, 1.807) is 7.11 Å². The third kappa shape index (κ3) is 2.71. The van der Waals surface area contributed by atoms with Crippen LogP contribution in [-0.2, 0) is 11.2 Å². The molecular weight excluding hydrogens is 226 g/mol. The van der Waals surface area contributed by atoms with Crippen molar-refractivity contribution in [3.05, 3.63) is 29.6 Å². The van der Waals surface area contributed by atoms with Gasteiger partial charge >= 0.3 is 0 Å². The van der Waals surface area contributed by atoms with Gasteiger partial charge in [-0.15, -0.1) is 0 Å². The maximum absolute atomic E-state index is 5.74. The molecule has 0 amide bonds. The van der Waals surface area contributed by atoms with Gasteiger partial charge in [0.1, 0.15) is 0 Å². The van der Waals surface area contributed by atoms with Crippen LogP contribution in [-0.4, -0.2) is 23.7 Å². The Bertz CT molecular complexity index is 406. The second kappa shape index (κ2) is 5.34. The number of fused-ring (bicyclic) bond motifs is 1. The molecule has 100 valence electrons. The van der Waals surface area contributed by atoms with E-state index in [2.05, 4.69) is 30.3 Å². The first-order valence-electron chi connectivity index (χ1n) is 6.52. The summed E-state index contributed by atoms with van der Waals surface area (Å²) in [7, 11) is 1.74. The zero-order chi connectivity index (χ0) is 13.2. The number of nitrogens with zero attached hydrogens (tertiary/aromatic N) is 1. The van der Waals surface area contributed by atoms with Crippen molar-refractivity contribution < 1.29 is 4.74 Å². The number of hydrazine groups is 1. The second-order valence-corrected chi connectivity index (χ2v) is 5.63. The van der Waals surface area contributed by atoms with Gasteiger partial charge in [-0.1, -0.05) is 6.07 Å². The van der Waals surface area contributed by atoms with Crippen molar-refractivity contribution in [1.82, 2.24) is 10.4 Å². The lowest BCUT2D eigenvalue weighted by molar-refractivity contribution is 0.00453. The van der Waals surface area contributed by atoms with Gasteiger partial charge in [-0.05, 0) is 44.7 Å². The fraction of sp³-hybridized carbons (Fsp3) is 0.643. The smallest absolute Gasteiger partial charge is 0.0638 e. The monoisotopic (exact) mass is 249 g/mol. The first-order valence-corrected chi connectivity index (χ1v) is 6.52. The van der Waals surface area contributed by atoms with E-state index in [9.17, 15) is 0 Å². The molecule has 0 fully saturated rings. The SMILES string of the molecule is COC(C)(C)CC(NN)C1CCc2cccnc21. The predicted molar refractivity (Wildman–Crippen MR) is 72.1 cm³/mol. The van der Waals surface area contributed by atoms with E-state index in [1.165, 1.54) is 11.3 Å². The first kappa shape index (κ1) is 13.5. The molecule has 4 nitrogen and oxygen atoms in total. The molecule has 3 N–H and O–H groups in total. The third-order valence-corrected chi connectivity index (χ3v) is 3.97. The van der Waals surface area contributed by atoms with Gasteiger partial charge in [0.25, 0.3) is 0 Å². The zero-order valence-electron chi connectivity index (χ0n) is 11.4. The summed E-state index contributed by atoms with van der Waals surface area (Å²) in [4.78, 5) is 4.53. The molecule has 1 heterocycles. The quantitative estimate of drug-likeness (QED) is 0.616. The molecule has 2 rings (SSSR count). The Balaban J connectivity index is 2.15. The summed E-state index contributed by atoms with van der Waals surface area (Å²) >= 11 is 0. The van der Waals surface area contributed by atoms with Crippen LogP contribution in [0, 0.1) is 0 Å². The molecule has 1 aromatic rings. The molecule has 0 saturated heterocycles. The third-order valence-electron chi connectivity index (χ3n) is 3.97.